The van der Waals surface area contributed by atoms with E-state index in [1.165, 1.54) is 75.9 Å². The van der Waals surface area contributed by atoms with Gasteiger partial charge in [-0.3, -0.25) is 68.7 Å². The second-order valence-corrected chi connectivity index (χ2v) is 33.2. The number of aromatic nitrogens is 4. The average molecular weight is 1680 g/mol. The minimum absolute atomic E-state index is 0.0176. The number of likely N-dealkylation sites (N-methyl/N-ethyl adjacent to an activating group) is 1. The lowest BCUT2D eigenvalue weighted by atomic mass is 9.81. The molecule has 0 spiro atoms. The molecule has 2 aromatic carbocycles. The Bertz CT molecular complexity index is 4360. The molecule has 1 saturated carbocycles. The summed E-state index contributed by atoms with van der Waals surface area (Å²) in [6.45, 7) is 9.43. The molecule has 29 nitrogen and oxygen atoms in total. The van der Waals surface area contributed by atoms with Crippen LogP contribution in [0.25, 0.3) is 0 Å². The van der Waals surface area contributed by atoms with Crippen LogP contribution >= 0.6 is 23.4 Å². The minimum atomic E-state index is -1.91. The van der Waals surface area contributed by atoms with Crippen LogP contribution in [0.3, 0.4) is 0 Å². The Labute approximate surface area is 704 Å². The van der Waals surface area contributed by atoms with Crippen LogP contribution in [0.2, 0.25) is 5.02 Å². The summed E-state index contributed by atoms with van der Waals surface area (Å²) in [5, 5.41) is 32.2. The first-order valence-electron chi connectivity index (χ1n) is 40.3. The summed E-state index contributed by atoms with van der Waals surface area (Å²) >= 11 is 8.08. The van der Waals surface area contributed by atoms with Crippen LogP contribution in [-0.4, -0.2) is 212 Å². The van der Waals surface area contributed by atoms with Gasteiger partial charge in [0.15, 0.2) is 5.72 Å². The molecule has 3 aliphatic heterocycles. The SMILES string of the molecule is COC(=O)C(Cc1cc(CN(Cc2ccccn2)Cc2ccccn2)c(O)c(CN(Cc2ccccn2)Cc2ccccn2)c1)NC(=O)CCCNC(=O)C1CCC(CN2C(=O)CC(SCCC(=O)N(C)[C@@H](C)C(=O)O[C@H]3CC(=O)N(C)c4cc(cc(OC)c4Cl)C/C(C)=C/C=C/[C@@H](OC)[C@@]4(O)C[C@H](OC(=O)N4)[C@@H](C)C[C@@]3(C)OC)C2=O)CC1. The summed E-state index contributed by atoms with van der Waals surface area (Å²) < 4.78 is 34.9. The van der Waals surface area contributed by atoms with Crippen molar-refractivity contribution < 1.29 is 81.8 Å². The second-order valence-electron chi connectivity index (χ2n) is 31.5. The van der Waals surface area contributed by atoms with Crippen LogP contribution in [-0.2, 0) is 114 Å². The summed E-state index contributed by atoms with van der Waals surface area (Å²) in [5.41, 5.74) is 3.64. The topological polar surface area (TPSA) is 353 Å². The number of amides is 7. The molecule has 6 aromatic rings. The van der Waals surface area contributed by atoms with Gasteiger partial charge in [0.25, 0.3) is 0 Å². The molecule has 2 unspecified atom stereocenters. The van der Waals surface area contributed by atoms with E-state index in [1.54, 1.807) is 62.9 Å². The number of anilines is 1. The number of aromatic hydroxyl groups is 1. The average Bonchev–Trinajstić information content (AvgIpc) is 1.15. The fourth-order valence-electron chi connectivity index (χ4n) is 15.7. The van der Waals surface area contributed by atoms with Crippen molar-refractivity contribution >= 4 is 82.5 Å². The molecular formula is C88H111ClN12O17S. The van der Waals surface area contributed by atoms with E-state index in [0.29, 0.717) is 86.4 Å². The number of imide groups is 1. The lowest BCUT2D eigenvalue weighted by molar-refractivity contribution is -0.181. The largest absolute Gasteiger partial charge is 0.507 e. The number of likely N-dealkylation sites (tertiary alicyclic amines) is 1. The van der Waals surface area contributed by atoms with Crippen molar-refractivity contribution in [2.24, 2.45) is 17.8 Å². The van der Waals surface area contributed by atoms with E-state index < -0.39 is 95.1 Å². The number of nitrogens with zero attached hydrogens (tertiary/aromatic N) is 9. The van der Waals surface area contributed by atoms with E-state index in [2.05, 4.69) is 45.7 Å². The number of aliphatic hydroxyl groups is 1. The number of esters is 2. The predicted molar refractivity (Wildman–Crippen MR) is 446 cm³/mol. The van der Waals surface area contributed by atoms with Crippen molar-refractivity contribution in [2.75, 3.05) is 66.3 Å². The van der Waals surface area contributed by atoms with Crippen LogP contribution in [0.5, 0.6) is 11.5 Å². The molecule has 31 heteroatoms. The fraction of sp³-hybridized carbons (Fsp3) is 0.489. The molecule has 119 heavy (non-hydrogen) atoms. The van der Waals surface area contributed by atoms with Crippen molar-refractivity contribution in [2.45, 2.75) is 197 Å². The van der Waals surface area contributed by atoms with Gasteiger partial charge in [-0.25, -0.2) is 14.4 Å². The van der Waals surface area contributed by atoms with Crippen LogP contribution in [0, 0.1) is 17.8 Å². The van der Waals surface area contributed by atoms with Gasteiger partial charge in [0, 0.05) is 160 Å². The molecule has 1 aliphatic carbocycles. The Balaban J connectivity index is 0.704. The number of halogens is 1. The van der Waals surface area contributed by atoms with Crippen LogP contribution in [0.1, 0.15) is 143 Å². The number of hydrogen-bond acceptors (Lipinski definition) is 24. The number of carbonyl (C=O) groups excluding carboxylic acids is 9. The van der Waals surface area contributed by atoms with Crippen LogP contribution in [0.4, 0.5) is 10.5 Å². The van der Waals surface area contributed by atoms with E-state index in [0.717, 1.165) is 33.9 Å². The maximum absolute atomic E-state index is 14.6. The number of fused-ring (bicyclic) bond motifs is 4. The fourth-order valence-corrected chi connectivity index (χ4v) is 17.1. The highest BCUT2D eigenvalue weighted by molar-refractivity contribution is 8.00. The lowest BCUT2D eigenvalue weighted by Gasteiger charge is -2.44. The zero-order valence-corrected chi connectivity index (χ0v) is 70.9. The second kappa shape index (κ2) is 43.1. The summed E-state index contributed by atoms with van der Waals surface area (Å²) in [4.78, 5) is 151. The van der Waals surface area contributed by atoms with Crippen molar-refractivity contribution in [3.8, 4) is 11.5 Å². The number of alkyl carbamates (subject to hydrolysis) is 1. The number of methoxy groups -OCH3 is 4. The number of pyridine rings is 4. The first-order valence-corrected chi connectivity index (χ1v) is 41.7. The van der Waals surface area contributed by atoms with Crippen molar-refractivity contribution in [3.05, 3.63) is 196 Å². The number of phenols is 1. The first kappa shape index (κ1) is 91.1. The van der Waals surface area contributed by atoms with Crippen molar-refractivity contribution in [1.29, 1.82) is 0 Å². The van der Waals surface area contributed by atoms with Gasteiger partial charge in [-0.05, 0) is 149 Å². The van der Waals surface area contributed by atoms with Crippen molar-refractivity contribution in [1.82, 2.24) is 55.5 Å². The molecule has 0 radical (unpaired) electrons. The highest BCUT2D eigenvalue weighted by atomic mass is 35.5. The molecular weight excluding hydrogens is 1560 g/mol. The van der Waals surface area contributed by atoms with Gasteiger partial charge in [0.1, 0.15) is 52.5 Å². The molecule has 5 N–H and O–H groups in total. The highest BCUT2D eigenvalue weighted by Crippen LogP contribution is 2.41. The predicted octanol–water partition coefficient (Wildman–Crippen LogP) is 9.70. The summed E-state index contributed by atoms with van der Waals surface area (Å²) in [6, 6.07) is 27.8. The number of benzene rings is 2. The number of nitrogens with one attached hydrogen (secondary N) is 3. The monoisotopic (exact) mass is 1670 g/mol. The number of carbonyl (C=O) groups is 9. The third-order valence-electron chi connectivity index (χ3n) is 22.6. The van der Waals surface area contributed by atoms with Crippen LogP contribution < -0.4 is 25.6 Å². The molecule has 10 rings (SSSR count). The molecule has 9 atom stereocenters. The van der Waals surface area contributed by atoms with Crippen LogP contribution in [0.15, 0.2) is 146 Å². The Hall–Kier alpha value is -10.2. The number of phenolic OH excluding ortho intramolecular Hbond substituents is 1. The lowest BCUT2D eigenvalue weighted by Crippen LogP contribution is -2.63. The molecule has 7 amide bonds. The summed E-state index contributed by atoms with van der Waals surface area (Å²) in [7, 11) is 8.51. The van der Waals surface area contributed by atoms with E-state index in [1.807, 2.05) is 97.9 Å². The van der Waals surface area contributed by atoms with E-state index in [-0.39, 0.29) is 117 Å². The molecule has 4 aliphatic rings. The molecule has 2 saturated heterocycles. The molecule has 638 valence electrons. The first-order chi connectivity index (χ1) is 57.1. The molecule has 7 heterocycles. The Kier molecular flexibility index (Phi) is 33.0. The van der Waals surface area contributed by atoms with Gasteiger partial charge >= 0.3 is 18.0 Å². The molecule has 4 bridgehead atoms. The maximum Gasteiger partial charge on any atom is 0.409 e. The Morgan fingerprint density at radius 1 is 0.773 bits per heavy atom. The standard InChI is InChI=1S/C88H111ClN12O17S/c1-56-21-19-26-74(114-8)88(112)48-72(117-86(111)96-88)57(2)47-87(4,116-10)75(46-78(104)98(6)70-43-60(39-56)44-71(113-7)80(70)89)118-84(109)58(3)97(5)77(103)32-38-119-73-45-79(105)101(83(73)108)49-59-28-30-62(31-29-59)82(107)94-37-20-27-76(102)95-69(85(110)115-9)42-61-40-63(50-99(52-65-22-11-15-33-90-65)53-66-23-12-16-34-91-66)81(106)64(41-61)51-100(54-67-24-13-17-35-92-67)55-68-25-14-18-36-93-68/h11-19,21-26,33-36,40-41,43-44,57-59,62,69,72-75,106,112H,20,27-32,37-39,42,45-55H2,1-10H3,(H,94,107)(H,95,102)(H,96,111)/b26-19+,56-21+/t57-,58-,59?,62?,69?,72-,73?,74+,75-,87+,88-/m0/s1. The number of thioether (sulfide) groups is 1. The number of allylic oxidation sites excluding steroid dienone is 3. The molecule has 3 fully saturated rings. The third-order valence-corrected chi connectivity index (χ3v) is 24.2. The van der Waals surface area contributed by atoms with E-state index in [9.17, 15) is 53.4 Å². The van der Waals surface area contributed by atoms with E-state index in [4.69, 9.17) is 40.0 Å². The summed E-state index contributed by atoms with van der Waals surface area (Å²) in [5.74, 6) is -4.24. The zero-order valence-electron chi connectivity index (χ0n) is 69.4. The Morgan fingerprint density at radius 2 is 1.36 bits per heavy atom. The van der Waals surface area contributed by atoms with Gasteiger partial charge in [0.05, 0.1) is 54.4 Å². The normalized spacial score (nSPS) is 23.0. The zero-order chi connectivity index (χ0) is 85.5. The highest BCUT2D eigenvalue weighted by Gasteiger charge is 2.50. The van der Waals surface area contributed by atoms with Gasteiger partial charge in [-0.2, -0.15) is 0 Å². The number of rotatable bonds is 33. The minimum Gasteiger partial charge on any atom is -0.507 e. The van der Waals surface area contributed by atoms with Gasteiger partial charge in [-0.1, -0.05) is 78.7 Å². The van der Waals surface area contributed by atoms with E-state index >= 15 is 0 Å². The van der Waals surface area contributed by atoms with Gasteiger partial charge < -0.3 is 59.1 Å². The number of ether oxygens (including phenoxy) is 6. The smallest absolute Gasteiger partial charge is 0.409 e. The quantitative estimate of drug-likeness (QED) is 0.0111. The molecule has 4 aromatic heterocycles. The Morgan fingerprint density at radius 3 is 1.90 bits per heavy atom. The maximum atomic E-state index is 14.6. The third kappa shape index (κ3) is 25.2. The van der Waals surface area contributed by atoms with Gasteiger partial charge in [0.2, 0.25) is 35.4 Å². The summed E-state index contributed by atoms with van der Waals surface area (Å²) in [6.07, 6.45) is 10.1. The van der Waals surface area contributed by atoms with Crippen molar-refractivity contribution in [3.63, 3.8) is 0 Å². The number of hydrogen-bond donors (Lipinski definition) is 5. The van der Waals surface area contributed by atoms with Gasteiger partial charge in [-0.15, -0.1) is 11.8 Å².